The highest BCUT2D eigenvalue weighted by molar-refractivity contribution is 7.13. The number of fused-ring (bicyclic) bond motifs is 2. The predicted octanol–water partition coefficient (Wildman–Crippen LogP) is 10.6. The zero-order valence-corrected chi connectivity index (χ0v) is 45.5. The van der Waals surface area contributed by atoms with E-state index in [9.17, 15) is 19.2 Å². The van der Waals surface area contributed by atoms with Gasteiger partial charge in [-0.15, -0.1) is 22.7 Å². The highest BCUT2D eigenvalue weighted by Crippen LogP contribution is 2.40. The highest BCUT2D eigenvalue weighted by atomic mass is 32.1. The third kappa shape index (κ3) is 10.2. The number of nitrogens with one attached hydrogen (secondary N) is 5. The van der Waals surface area contributed by atoms with Gasteiger partial charge in [0.25, 0.3) is 23.6 Å². The van der Waals surface area contributed by atoms with Crippen LogP contribution < -0.4 is 16.0 Å². The Morgan fingerprint density at radius 2 is 1.23 bits per heavy atom. The van der Waals surface area contributed by atoms with Crippen molar-refractivity contribution in [2.75, 3.05) is 63.0 Å². The maximum absolute atomic E-state index is 14.2. The Morgan fingerprint density at radius 3 is 1.79 bits per heavy atom. The summed E-state index contributed by atoms with van der Waals surface area (Å²) in [6.45, 7) is 18.5. The van der Waals surface area contributed by atoms with Crippen molar-refractivity contribution >= 4 is 81.0 Å². The number of H-pyrrole nitrogens is 2. The van der Waals surface area contributed by atoms with E-state index in [1.165, 1.54) is 5.56 Å². The lowest BCUT2D eigenvalue weighted by atomic mass is 10.0. The van der Waals surface area contributed by atoms with E-state index in [1.54, 1.807) is 35.1 Å². The molecule has 3 aliphatic heterocycles. The van der Waals surface area contributed by atoms with Gasteiger partial charge in [-0.2, -0.15) is 0 Å². The van der Waals surface area contributed by atoms with Crippen molar-refractivity contribution in [3.05, 3.63) is 158 Å². The summed E-state index contributed by atoms with van der Waals surface area (Å²) in [7, 11) is 0. The summed E-state index contributed by atoms with van der Waals surface area (Å²) in [6, 6.07) is 24.2. The Kier molecular flexibility index (Phi) is 14.3. The van der Waals surface area contributed by atoms with Crippen LogP contribution in [-0.2, 0) is 16.1 Å². The maximum atomic E-state index is 14.2. The molecule has 0 unspecified atom stereocenters. The van der Waals surface area contributed by atoms with Crippen LogP contribution in [0, 0.1) is 27.7 Å². The average molecular weight is 1060 g/mol. The summed E-state index contributed by atoms with van der Waals surface area (Å²) >= 11 is 3.13. The van der Waals surface area contributed by atoms with E-state index >= 15 is 0 Å². The molecule has 8 aromatic rings. The number of nitrogens with zero attached hydrogens (tertiary/aromatic N) is 6. The number of aromatic nitrogens is 5. The van der Waals surface area contributed by atoms with E-state index in [0.717, 1.165) is 139 Å². The van der Waals surface area contributed by atoms with Crippen LogP contribution in [0.5, 0.6) is 0 Å². The first-order chi connectivity index (χ1) is 37.3. The zero-order valence-electron chi connectivity index (χ0n) is 43.9. The Bertz CT molecular complexity index is 3670. The Labute approximate surface area is 455 Å². The maximum Gasteiger partial charge on any atom is 0.256 e. The van der Waals surface area contributed by atoms with Crippen LogP contribution in [0.1, 0.15) is 85.2 Å². The minimum Gasteiger partial charge on any atom is -0.358 e. The Balaban J connectivity index is 0.710. The molecule has 3 aromatic carbocycles. The van der Waals surface area contributed by atoms with Gasteiger partial charge in [-0.3, -0.25) is 29.1 Å². The number of rotatable bonds is 15. The summed E-state index contributed by atoms with van der Waals surface area (Å²) in [5, 5.41) is 14.9. The number of aryl methyl sites for hydroxylation is 2. The third-order valence-corrected chi connectivity index (χ3v) is 16.7. The largest absolute Gasteiger partial charge is 0.358 e. The van der Waals surface area contributed by atoms with Gasteiger partial charge in [0.05, 0.1) is 33.7 Å². The second-order valence-corrected chi connectivity index (χ2v) is 21.5. The number of carbonyl (C=O) groups is 4. The van der Waals surface area contributed by atoms with Crippen LogP contribution in [0.2, 0.25) is 0 Å². The number of benzene rings is 3. The molecule has 5 N–H and O–H groups in total. The van der Waals surface area contributed by atoms with Crippen molar-refractivity contribution in [1.82, 2.24) is 44.9 Å². The van der Waals surface area contributed by atoms with Crippen molar-refractivity contribution in [3.63, 3.8) is 0 Å². The lowest BCUT2D eigenvalue weighted by molar-refractivity contribution is -0.111. The number of hydrogen-bond donors (Lipinski definition) is 5. The number of piperazine rings is 1. The summed E-state index contributed by atoms with van der Waals surface area (Å²) in [4.78, 5) is 81.6. The molecule has 1 fully saturated rings. The van der Waals surface area contributed by atoms with Crippen molar-refractivity contribution in [2.24, 2.45) is 0 Å². The number of thiazole rings is 2. The number of amides is 4. The van der Waals surface area contributed by atoms with Gasteiger partial charge in [0.15, 0.2) is 0 Å². The minimum atomic E-state index is -0.196. The normalized spacial score (nSPS) is 15.4. The average Bonchev–Trinajstić information content (AvgIpc) is 4.33. The summed E-state index contributed by atoms with van der Waals surface area (Å²) < 4.78 is 0. The van der Waals surface area contributed by atoms with Crippen LogP contribution in [0.15, 0.2) is 96.0 Å². The van der Waals surface area contributed by atoms with Crippen LogP contribution in [-0.4, -0.2) is 116 Å². The molecule has 390 valence electrons. The summed E-state index contributed by atoms with van der Waals surface area (Å²) in [6.07, 6.45) is 7.24. The van der Waals surface area contributed by atoms with Gasteiger partial charge < -0.3 is 35.7 Å². The van der Waals surface area contributed by atoms with E-state index in [4.69, 9.17) is 9.97 Å². The molecule has 5 aromatic heterocycles. The number of carbonyl (C=O) groups excluding carboxylic acids is 4. The number of likely N-dealkylation sites (N-methyl/N-ethyl adjacent to an activating group) is 1. The molecule has 0 atom stereocenters. The molecule has 4 amide bonds. The van der Waals surface area contributed by atoms with Gasteiger partial charge >= 0.3 is 0 Å². The first-order valence-electron chi connectivity index (χ1n) is 26.0. The molecule has 17 heteroatoms. The first-order valence-corrected chi connectivity index (χ1v) is 27.8. The molecule has 0 spiro atoms. The quantitative estimate of drug-likeness (QED) is 0.0624. The van der Waals surface area contributed by atoms with Gasteiger partial charge in [-0.25, -0.2) is 9.97 Å². The van der Waals surface area contributed by atoms with Crippen molar-refractivity contribution in [2.45, 2.75) is 48.1 Å². The standard InChI is InChI=1S/C60H59N11O4S2/c1-7-69(8-2)21-20-62-57(74)53-34(3)49(63-36(53)5)28-45-43-26-40(15-17-47(43)65-55(45)72)51-32-76-58(67-51)39-13-11-38(12-14-39)31-70-22-24-71(25-23-70)60(75)54-35(4)50(64-37(54)6)29-46-44-27-41(16-18-48(44)66-56(46)73)52-33-77-59(68-52)42-10-9-19-61-30-42/h9-19,26-30,32-33,63-64H,7-8,20-25,31H2,1-6H3,(H,62,74)(H,65,72)(H,66,73)/b45-28-,46-29-. The van der Waals surface area contributed by atoms with Gasteiger partial charge in [0, 0.05) is 136 Å². The van der Waals surface area contributed by atoms with Crippen LogP contribution in [0.4, 0.5) is 11.4 Å². The fourth-order valence-corrected chi connectivity index (χ4v) is 12.2. The fourth-order valence-electron chi connectivity index (χ4n) is 10.6. The second-order valence-electron chi connectivity index (χ2n) is 19.7. The summed E-state index contributed by atoms with van der Waals surface area (Å²) in [5.74, 6) is -0.528. The van der Waals surface area contributed by atoms with Crippen molar-refractivity contribution in [3.8, 4) is 43.7 Å². The lowest BCUT2D eigenvalue weighted by Gasteiger charge is -2.35. The third-order valence-electron chi connectivity index (χ3n) is 15.0. The van der Waals surface area contributed by atoms with Crippen molar-refractivity contribution < 1.29 is 19.2 Å². The molecule has 11 rings (SSSR count). The fraction of sp³-hybridized carbons (Fsp3) is 0.250. The smallest absolute Gasteiger partial charge is 0.256 e. The Hall–Kier alpha value is -8.09. The van der Waals surface area contributed by atoms with Crippen LogP contribution >= 0.6 is 22.7 Å². The Morgan fingerprint density at radius 1 is 0.688 bits per heavy atom. The number of anilines is 2. The monoisotopic (exact) mass is 1060 g/mol. The molecule has 8 heterocycles. The van der Waals surface area contributed by atoms with E-state index in [1.807, 2.05) is 104 Å². The topological polar surface area (TPSA) is 184 Å². The number of pyridine rings is 1. The molecular formula is C60H59N11O4S2. The molecule has 15 nitrogen and oxygen atoms in total. The van der Waals surface area contributed by atoms with E-state index in [0.29, 0.717) is 41.9 Å². The van der Waals surface area contributed by atoms with Crippen LogP contribution in [0.3, 0.4) is 0 Å². The first kappa shape index (κ1) is 51.0. The SMILES string of the molecule is CCN(CC)CCNC(=O)c1c(C)[nH]c(/C=C2\C(=O)Nc3ccc(-c4csc(-c5ccc(CN6CCN(C(=O)c7c(C)[nH]c(/C=C8\C(=O)Nc9ccc(-c%10csc(-c%11cccnc%11)n%10)cc98)c7C)CC6)cc5)n4)cc32)c1C. The van der Waals surface area contributed by atoms with E-state index in [2.05, 4.69) is 78.8 Å². The lowest BCUT2D eigenvalue weighted by Crippen LogP contribution is -2.48. The van der Waals surface area contributed by atoms with E-state index in [-0.39, 0.29) is 23.6 Å². The zero-order chi connectivity index (χ0) is 53.5. The predicted molar refractivity (Wildman–Crippen MR) is 309 cm³/mol. The van der Waals surface area contributed by atoms with Gasteiger partial charge in [0.1, 0.15) is 10.0 Å². The molecule has 77 heavy (non-hydrogen) atoms. The number of aromatic amines is 2. The van der Waals surface area contributed by atoms with Crippen LogP contribution in [0.25, 0.3) is 67.0 Å². The molecular weight excluding hydrogens is 1000 g/mol. The van der Waals surface area contributed by atoms with Gasteiger partial charge in [-0.1, -0.05) is 50.2 Å². The van der Waals surface area contributed by atoms with Crippen molar-refractivity contribution in [1.29, 1.82) is 0 Å². The summed E-state index contributed by atoms with van der Waals surface area (Å²) in [5.41, 5.74) is 16.5. The van der Waals surface area contributed by atoms with Gasteiger partial charge in [-0.05, 0) is 106 Å². The van der Waals surface area contributed by atoms with E-state index < -0.39 is 0 Å². The molecule has 1 saturated heterocycles. The minimum absolute atomic E-state index is 0.0132. The van der Waals surface area contributed by atoms with Gasteiger partial charge in [0.2, 0.25) is 0 Å². The molecule has 0 radical (unpaired) electrons. The second kappa shape index (κ2) is 21.5. The molecule has 0 aliphatic carbocycles. The molecule has 0 saturated carbocycles. The number of hydrogen-bond acceptors (Lipinski definition) is 11. The highest BCUT2D eigenvalue weighted by Gasteiger charge is 2.30. The molecule has 3 aliphatic rings. The molecule has 0 bridgehead atoms.